The highest BCUT2D eigenvalue weighted by atomic mass is 35.5. The van der Waals surface area contributed by atoms with E-state index in [-0.39, 0.29) is 17.6 Å². The summed E-state index contributed by atoms with van der Waals surface area (Å²) in [6.45, 7) is 6.30. The van der Waals surface area contributed by atoms with E-state index in [1.54, 1.807) is 24.5 Å². The van der Waals surface area contributed by atoms with Crippen molar-refractivity contribution in [3.05, 3.63) is 45.3 Å². The summed E-state index contributed by atoms with van der Waals surface area (Å²) in [6.07, 6.45) is 1.91. The molecule has 0 N–H and O–H groups in total. The molecule has 1 saturated heterocycles. The number of rotatable bonds is 2. The lowest BCUT2D eigenvalue weighted by Crippen LogP contribution is -2.45. The first-order chi connectivity index (χ1) is 10.0. The number of ether oxygens (including phenoxy) is 1. The molecule has 21 heavy (non-hydrogen) atoms. The predicted octanol–water partition coefficient (Wildman–Crippen LogP) is 3.06. The van der Waals surface area contributed by atoms with Gasteiger partial charge in [-0.05, 0) is 32.0 Å². The van der Waals surface area contributed by atoms with Crippen molar-refractivity contribution in [2.75, 3.05) is 13.1 Å². The Morgan fingerprint density at radius 3 is 2.71 bits per heavy atom. The van der Waals surface area contributed by atoms with Crippen LogP contribution in [-0.4, -0.2) is 30.2 Å². The Labute approximate surface area is 128 Å². The Balaban J connectivity index is 1.90. The van der Waals surface area contributed by atoms with E-state index in [1.165, 1.54) is 0 Å². The number of fused-ring (bicyclic) bond motifs is 1. The highest BCUT2D eigenvalue weighted by Crippen LogP contribution is 2.18. The molecule has 5 heteroatoms. The van der Waals surface area contributed by atoms with E-state index in [0.29, 0.717) is 28.1 Å². The van der Waals surface area contributed by atoms with Gasteiger partial charge in [0.25, 0.3) is 0 Å². The zero-order valence-corrected chi connectivity index (χ0v) is 12.9. The van der Waals surface area contributed by atoms with Gasteiger partial charge in [0.1, 0.15) is 5.58 Å². The van der Waals surface area contributed by atoms with Gasteiger partial charge in [-0.2, -0.15) is 0 Å². The fourth-order valence-corrected chi connectivity index (χ4v) is 3.08. The van der Waals surface area contributed by atoms with Gasteiger partial charge in [0.05, 0.1) is 23.9 Å². The number of morpholine rings is 1. The lowest BCUT2D eigenvalue weighted by Gasteiger charge is -2.35. The molecule has 1 aliphatic rings. The van der Waals surface area contributed by atoms with Crippen molar-refractivity contribution >= 4 is 22.6 Å². The van der Waals surface area contributed by atoms with E-state index in [2.05, 4.69) is 4.90 Å². The summed E-state index contributed by atoms with van der Waals surface area (Å²) in [6, 6.07) is 5.11. The molecule has 0 unspecified atom stereocenters. The smallest absolute Gasteiger partial charge is 0.197 e. The summed E-state index contributed by atoms with van der Waals surface area (Å²) in [5.74, 6) is 0. The second-order valence-electron chi connectivity index (χ2n) is 5.68. The second kappa shape index (κ2) is 5.79. The molecule has 1 fully saturated rings. The number of hydrogen-bond acceptors (Lipinski definition) is 4. The van der Waals surface area contributed by atoms with Crippen LogP contribution in [0, 0.1) is 0 Å². The minimum atomic E-state index is -0.00875. The van der Waals surface area contributed by atoms with Crippen LogP contribution in [0.2, 0.25) is 5.02 Å². The Kier molecular flexibility index (Phi) is 4.02. The first-order valence-corrected chi connectivity index (χ1v) is 7.48. The molecule has 1 aliphatic heterocycles. The molecule has 2 aromatic rings. The molecular weight excluding hydrogens is 290 g/mol. The first kappa shape index (κ1) is 14.6. The van der Waals surface area contributed by atoms with E-state index in [9.17, 15) is 4.79 Å². The zero-order valence-electron chi connectivity index (χ0n) is 12.1. The summed E-state index contributed by atoms with van der Waals surface area (Å²) in [5.41, 5.74) is 1.22. The molecule has 1 aromatic carbocycles. The van der Waals surface area contributed by atoms with Crippen LogP contribution in [0.15, 0.2) is 33.7 Å². The topological polar surface area (TPSA) is 42.7 Å². The highest BCUT2D eigenvalue weighted by molar-refractivity contribution is 6.31. The van der Waals surface area contributed by atoms with Crippen LogP contribution in [0.4, 0.5) is 0 Å². The first-order valence-electron chi connectivity index (χ1n) is 7.10. The number of benzene rings is 1. The van der Waals surface area contributed by atoms with Crippen LogP contribution in [0.1, 0.15) is 19.4 Å². The second-order valence-corrected chi connectivity index (χ2v) is 6.12. The van der Waals surface area contributed by atoms with E-state index >= 15 is 0 Å². The standard InChI is InChI=1S/C16H18ClNO3/c1-10-6-18(7-11(2)21-10)8-12-9-20-15-4-3-13(17)5-14(15)16(12)19/h3-5,9-11H,6-8H2,1-2H3/t10-,11+. The predicted molar refractivity (Wildman–Crippen MR) is 82.8 cm³/mol. The van der Waals surface area contributed by atoms with Crippen molar-refractivity contribution in [1.29, 1.82) is 0 Å². The van der Waals surface area contributed by atoms with Gasteiger partial charge < -0.3 is 9.15 Å². The van der Waals surface area contributed by atoms with E-state index in [1.807, 2.05) is 13.8 Å². The summed E-state index contributed by atoms with van der Waals surface area (Å²) >= 11 is 5.97. The largest absolute Gasteiger partial charge is 0.464 e. The van der Waals surface area contributed by atoms with Crippen LogP contribution in [0.3, 0.4) is 0 Å². The van der Waals surface area contributed by atoms with Gasteiger partial charge in [0, 0.05) is 30.2 Å². The Morgan fingerprint density at radius 1 is 1.29 bits per heavy atom. The Morgan fingerprint density at radius 2 is 2.00 bits per heavy atom. The van der Waals surface area contributed by atoms with Crippen molar-refractivity contribution in [3.63, 3.8) is 0 Å². The van der Waals surface area contributed by atoms with Gasteiger partial charge in [0.2, 0.25) is 0 Å². The molecule has 0 radical (unpaired) electrons. The lowest BCUT2D eigenvalue weighted by atomic mass is 10.1. The zero-order chi connectivity index (χ0) is 15.0. The van der Waals surface area contributed by atoms with Gasteiger partial charge in [-0.25, -0.2) is 0 Å². The third kappa shape index (κ3) is 3.12. The molecule has 0 spiro atoms. The molecule has 0 amide bonds. The summed E-state index contributed by atoms with van der Waals surface area (Å²) < 4.78 is 11.3. The number of hydrogen-bond donors (Lipinski definition) is 0. The Bertz CT molecular complexity index is 702. The van der Waals surface area contributed by atoms with E-state index in [0.717, 1.165) is 13.1 Å². The van der Waals surface area contributed by atoms with Crippen LogP contribution < -0.4 is 5.43 Å². The molecule has 2 heterocycles. The molecular formula is C16H18ClNO3. The van der Waals surface area contributed by atoms with Crippen molar-refractivity contribution in [2.24, 2.45) is 0 Å². The lowest BCUT2D eigenvalue weighted by molar-refractivity contribution is -0.0706. The van der Waals surface area contributed by atoms with Gasteiger partial charge >= 0.3 is 0 Å². The average Bonchev–Trinajstić information content (AvgIpc) is 2.41. The average molecular weight is 308 g/mol. The fourth-order valence-electron chi connectivity index (χ4n) is 2.91. The number of halogens is 1. The van der Waals surface area contributed by atoms with Crippen LogP contribution >= 0.6 is 11.6 Å². The summed E-state index contributed by atoms with van der Waals surface area (Å²) in [5, 5.41) is 1.08. The maximum absolute atomic E-state index is 12.5. The van der Waals surface area contributed by atoms with Crippen LogP contribution in [-0.2, 0) is 11.3 Å². The van der Waals surface area contributed by atoms with Gasteiger partial charge in [0.15, 0.2) is 5.43 Å². The fraction of sp³-hybridized carbons (Fsp3) is 0.438. The normalized spacial score (nSPS) is 23.6. The summed E-state index contributed by atoms with van der Waals surface area (Å²) in [7, 11) is 0. The molecule has 0 bridgehead atoms. The molecule has 0 aliphatic carbocycles. The molecule has 2 atom stereocenters. The third-order valence-corrected chi connectivity index (χ3v) is 3.93. The maximum Gasteiger partial charge on any atom is 0.197 e. The van der Waals surface area contributed by atoms with Gasteiger partial charge in [-0.1, -0.05) is 11.6 Å². The minimum Gasteiger partial charge on any atom is -0.464 e. The monoisotopic (exact) mass is 307 g/mol. The molecule has 4 nitrogen and oxygen atoms in total. The van der Waals surface area contributed by atoms with E-state index in [4.69, 9.17) is 20.8 Å². The van der Waals surface area contributed by atoms with Crippen molar-refractivity contribution in [3.8, 4) is 0 Å². The summed E-state index contributed by atoms with van der Waals surface area (Å²) in [4.78, 5) is 14.8. The highest BCUT2D eigenvalue weighted by Gasteiger charge is 2.23. The molecule has 1 aromatic heterocycles. The van der Waals surface area contributed by atoms with Crippen LogP contribution in [0.5, 0.6) is 0 Å². The minimum absolute atomic E-state index is 0.00875. The van der Waals surface area contributed by atoms with Crippen molar-refractivity contribution in [2.45, 2.75) is 32.6 Å². The number of nitrogens with zero attached hydrogens (tertiary/aromatic N) is 1. The van der Waals surface area contributed by atoms with Crippen molar-refractivity contribution in [1.82, 2.24) is 4.90 Å². The van der Waals surface area contributed by atoms with E-state index < -0.39 is 0 Å². The third-order valence-electron chi connectivity index (χ3n) is 3.70. The quantitative estimate of drug-likeness (QED) is 0.855. The molecule has 112 valence electrons. The van der Waals surface area contributed by atoms with Gasteiger partial charge in [-0.15, -0.1) is 0 Å². The van der Waals surface area contributed by atoms with Gasteiger partial charge in [-0.3, -0.25) is 9.69 Å². The molecule has 3 rings (SSSR count). The van der Waals surface area contributed by atoms with Crippen molar-refractivity contribution < 1.29 is 9.15 Å². The molecule has 0 saturated carbocycles. The van der Waals surface area contributed by atoms with Crippen LogP contribution in [0.25, 0.3) is 11.0 Å². The Hall–Kier alpha value is -1.36. The SMILES string of the molecule is C[C@@H]1CN(Cc2coc3ccc(Cl)cc3c2=O)C[C@H](C)O1. The maximum atomic E-state index is 12.5.